The molecule has 0 atom stereocenters. The fraction of sp³-hybridized carbons (Fsp3) is 0.318. The second-order valence-electron chi connectivity index (χ2n) is 6.85. The number of imidazole rings is 1. The Hall–Kier alpha value is -4.15. The van der Waals surface area contributed by atoms with Crippen LogP contribution < -0.4 is 20.4 Å². The number of fused-ring (bicyclic) bond motifs is 2. The Bertz CT molecular complexity index is 1310. The molecule has 0 bridgehead atoms. The van der Waals surface area contributed by atoms with E-state index >= 15 is 0 Å². The van der Waals surface area contributed by atoms with Crippen molar-refractivity contribution in [2.75, 3.05) is 12.8 Å². The van der Waals surface area contributed by atoms with Gasteiger partial charge in [-0.25, -0.2) is 23.9 Å². The number of methoxy groups -OCH3 is 1. The minimum absolute atomic E-state index is 0.00614. The molecule has 0 fully saturated rings. The van der Waals surface area contributed by atoms with E-state index in [1.165, 1.54) is 0 Å². The molecule has 0 saturated heterocycles. The van der Waals surface area contributed by atoms with Gasteiger partial charge in [-0.05, 0) is 25.1 Å². The SMILES string of the molecule is CC.CCn1c(CNC(=O)c2nc3cc[nH]c3nc2N)[n+](CC(=O)O)c2ccc(OC)cc21. The summed E-state index contributed by atoms with van der Waals surface area (Å²) in [5.74, 6) is -0.208. The first-order valence-corrected chi connectivity index (χ1v) is 10.6. The average Bonchev–Trinajstić information content (AvgIpc) is 3.38. The second kappa shape index (κ2) is 9.98. The Morgan fingerprint density at radius 3 is 2.70 bits per heavy atom. The molecular weight excluding hydrogens is 426 g/mol. The molecule has 174 valence electrons. The fourth-order valence-corrected chi connectivity index (χ4v) is 3.65. The number of aromatic amines is 1. The molecule has 1 amide bonds. The predicted molar refractivity (Wildman–Crippen MR) is 123 cm³/mol. The van der Waals surface area contributed by atoms with Crippen LogP contribution in [0.2, 0.25) is 0 Å². The molecule has 1 aromatic carbocycles. The number of hydrogen-bond acceptors (Lipinski definition) is 6. The minimum Gasteiger partial charge on any atom is -0.497 e. The maximum atomic E-state index is 12.8. The highest BCUT2D eigenvalue weighted by atomic mass is 16.5. The number of benzene rings is 1. The molecule has 0 aliphatic carbocycles. The second-order valence-corrected chi connectivity index (χ2v) is 6.85. The fourth-order valence-electron chi connectivity index (χ4n) is 3.65. The molecule has 4 aromatic rings. The number of aryl methyl sites for hydroxylation is 1. The molecular formula is C22H28N7O4+. The monoisotopic (exact) mass is 454 g/mol. The molecule has 11 nitrogen and oxygen atoms in total. The number of nitrogens with zero attached hydrogens (tertiary/aromatic N) is 4. The van der Waals surface area contributed by atoms with Crippen molar-refractivity contribution < 1.29 is 24.0 Å². The first-order valence-electron chi connectivity index (χ1n) is 10.6. The molecule has 33 heavy (non-hydrogen) atoms. The molecule has 5 N–H and O–H groups in total. The van der Waals surface area contributed by atoms with E-state index in [4.69, 9.17) is 10.5 Å². The van der Waals surface area contributed by atoms with Gasteiger partial charge in [0, 0.05) is 12.3 Å². The highest BCUT2D eigenvalue weighted by Crippen LogP contribution is 2.21. The maximum Gasteiger partial charge on any atom is 0.346 e. The summed E-state index contributed by atoms with van der Waals surface area (Å²) in [5.41, 5.74) is 8.46. The summed E-state index contributed by atoms with van der Waals surface area (Å²) in [7, 11) is 1.57. The minimum atomic E-state index is -0.989. The quantitative estimate of drug-likeness (QED) is 0.311. The number of nitrogen functional groups attached to an aromatic ring is 1. The number of hydrogen-bond donors (Lipinski definition) is 4. The number of H-pyrrole nitrogens is 1. The topological polar surface area (TPSA) is 152 Å². The lowest BCUT2D eigenvalue weighted by Crippen LogP contribution is -2.44. The molecule has 0 saturated carbocycles. The Balaban J connectivity index is 0.00000149. The summed E-state index contributed by atoms with van der Waals surface area (Å²) < 4.78 is 8.90. The van der Waals surface area contributed by atoms with E-state index < -0.39 is 11.9 Å². The number of carboxylic acids is 1. The highest BCUT2D eigenvalue weighted by Gasteiger charge is 2.27. The van der Waals surface area contributed by atoms with Gasteiger partial charge < -0.3 is 25.9 Å². The van der Waals surface area contributed by atoms with Crippen molar-refractivity contribution in [2.24, 2.45) is 0 Å². The summed E-state index contributed by atoms with van der Waals surface area (Å²) in [5, 5.41) is 12.2. The third kappa shape index (κ3) is 4.56. The summed E-state index contributed by atoms with van der Waals surface area (Å²) in [6.45, 7) is 6.33. The van der Waals surface area contributed by atoms with Crippen molar-refractivity contribution in [3.05, 3.63) is 42.0 Å². The molecule has 0 spiro atoms. The Labute approximate surface area is 190 Å². The zero-order chi connectivity index (χ0) is 24.1. The number of nitrogens with one attached hydrogen (secondary N) is 2. The van der Waals surface area contributed by atoms with Crippen molar-refractivity contribution in [1.82, 2.24) is 24.8 Å². The van der Waals surface area contributed by atoms with Crippen LogP contribution in [0.1, 0.15) is 37.1 Å². The highest BCUT2D eigenvalue weighted by molar-refractivity contribution is 5.98. The first kappa shape index (κ1) is 23.5. The smallest absolute Gasteiger partial charge is 0.346 e. The van der Waals surface area contributed by atoms with E-state index in [0.717, 1.165) is 11.0 Å². The van der Waals surface area contributed by atoms with Gasteiger partial charge in [0.15, 0.2) is 34.7 Å². The van der Waals surface area contributed by atoms with Crippen molar-refractivity contribution in [1.29, 1.82) is 0 Å². The van der Waals surface area contributed by atoms with E-state index in [0.29, 0.717) is 29.3 Å². The third-order valence-corrected chi connectivity index (χ3v) is 5.03. The standard InChI is InChI=1S/C20H21N7O4.C2H6/c1-3-26-14-8-11(31-2)4-5-13(14)27(10-16(28)29)15(26)9-23-20(30)17-18(21)25-19-12(24-17)6-7-22-19;1-2/h4-8H,3,9-10H2,1-2H3,(H4-,21,22,23,24,25,28,29,30);1-2H3/p+1. The molecule has 3 heterocycles. The number of ether oxygens (including phenoxy) is 1. The summed E-state index contributed by atoms with van der Waals surface area (Å²) >= 11 is 0. The van der Waals surface area contributed by atoms with Gasteiger partial charge in [0.2, 0.25) is 0 Å². The van der Waals surface area contributed by atoms with Gasteiger partial charge in [-0.2, -0.15) is 0 Å². The van der Waals surface area contributed by atoms with Crippen molar-refractivity contribution >= 4 is 39.9 Å². The van der Waals surface area contributed by atoms with E-state index in [1.807, 2.05) is 31.4 Å². The Morgan fingerprint density at radius 1 is 1.27 bits per heavy atom. The Morgan fingerprint density at radius 2 is 2.03 bits per heavy atom. The lowest BCUT2D eigenvalue weighted by Gasteiger charge is -2.07. The van der Waals surface area contributed by atoms with Crippen LogP contribution >= 0.6 is 0 Å². The Kier molecular flexibility index (Phi) is 7.11. The zero-order valence-electron chi connectivity index (χ0n) is 19.0. The summed E-state index contributed by atoms with van der Waals surface area (Å²) in [4.78, 5) is 35.6. The molecule has 0 aliphatic rings. The van der Waals surface area contributed by atoms with Crippen LogP contribution in [0.4, 0.5) is 5.82 Å². The number of aliphatic carboxylic acids is 1. The average molecular weight is 455 g/mol. The third-order valence-electron chi connectivity index (χ3n) is 5.03. The van der Waals surface area contributed by atoms with Crippen LogP contribution in [0.15, 0.2) is 30.5 Å². The first-order chi connectivity index (χ1) is 15.9. The molecule has 11 heteroatoms. The number of amides is 1. The van der Waals surface area contributed by atoms with Crippen LogP contribution in [0.3, 0.4) is 0 Å². The molecule has 3 aromatic heterocycles. The molecule has 0 radical (unpaired) electrons. The van der Waals surface area contributed by atoms with Crippen LogP contribution in [-0.2, 0) is 24.4 Å². The maximum absolute atomic E-state index is 12.8. The predicted octanol–water partition coefficient (Wildman–Crippen LogP) is 1.85. The zero-order valence-corrected chi connectivity index (χ0v) is 19.0. The number of rotatable bonds is 7. The lowest BCUT2D eigenvalue weighted by atomic mass is 10.3. The number of carbonyl (C=O) groups is 2. The summed E-state index contributed by atoms with van der Waals surface area (Å²) in [6.07, 6.45) is 1.66. The molecule has 0 unspecified atom stereocenters. The van der Waals surface area contributed by atoms with Gasteiger partial charge in [-0.3, -0.25) is 4.79 Å². The lowest BCUT2D eigenvalue weighted by molar-refractivity contribution is -0.668. The summed E-state index contributed by atoms with van der Waals surface area (Å²) in [6, 6.07) is 7.11. The van der Waals surface area contributed by atoms with E-state index in [2.05, 4.69) is 20.3 Å². The number of aromatic nitrogens is 5. The van der Waals surface area contributed by atoms with Crippen LogP contribution in [0, 0.1) is 0 Å². The van der Waals surface area contributed by atoms with Crippen LogP contribution in [0.5, 0.6) is 5.75 Å². The van der Waals surface area contributed by atoms with Gasteiger partial charge in [0.05, 0.1) is 13.7 Å². The van der Waals surface area contributed by atoms with Gasteiger partial charge >= 0.3 is 5.97 Å². The number of carbonyl (C=O) groups excluding carboxylic acids is 1. The normalized spacial score (nSPS) is 10.7. The van der Waals surface area contributed by atoms with Crippen LogP contribution in [0.25, 0.3) is 22.2 Å². The van der Waals surface area contributed by atoms with Crippen molar-refractivity contribution in [3.8, 4) is 5.75 Å². The van der Waals surface area contributed by atoms with Crippen LogP contribution in [-0.4, -0.2) is 43.6 Å². The van der Waals surface area contributed by atoms with E-state index in [-0.39, 0.29) is 24.6 Å². The number of anilines is 1. The largest absolute Gasteiger partial charge is 0.497 e. The van der Waals surface area contributed by atoms with Gasteiger partial charge in [-0.15, -0.1) is 0 Å². The van der Waals surface area contributed by atoms with E-state index in [1.54, 1.807) is 36.1 Å². The van der Waals surface area contributed by atoms with E-state index in [9.17, 15) is 14.7 Å². The van der Waals surface area contributed by atoms with Crippen molar-refractivity contribution in [2.45, 2.75) is 40.4 Å². The van der Waals surface area contributed by atoms with Gasteiger partial charge in [0.1, 0.15) is 17.8 Å². The van der Waals surface area contributed by atoms with Crippen molar-refractivity contribution in [3.63, 3.8) is 0 Å². The van der Waals surface area contributed by atoms with Gasteiger partial charge in [0.25, 0.3) is 11.7 Å². The molecule has 4 rings (SSSR count). The number of nitrogens with two attached hydrogens (primary N) is 1. The van der Waals surface area contributed by atoms with Gasteiger partial charge in [-0.1, -0.05) is 13.8 Å². The molecule has 0 aliphatic heterocycles. The number of carboxylic acid groups (broad SMARTS) is 1.